The largest absolute Gasteiger partial charge is 0.497 e. The van der Waals surface area contributed by atoms with Gasteiger partial charge in [0.15, 0.2) is 0 Å². The molecule has 0 aromatic heterocycles. The van der Waals surface area contributed by atoms with Gasteiger partial charge in [-0.2, -0.15) is 0 Å². The minimum absolute atomic E-state index is 0.0709. The lowest BCUT2D eigenvalue weighted by Gasteiger charge is -2.48. The Bertz CT molecular complexity index is 520. The van der Waals surface area contributed by atoms with E-state index in [-0.39, 0.29) is 17.7 Å². The van der Waals surface area contributed by atoms with Gasteiger partial charge in [-0.15, -0.1) is 0 Å². The second kappa shape index (κ2) is 3.98. The van der Waals surface area contributed by atoms with Gasteiger partial charge in [0.05, 0.1) is 7.11 Å². The van der Waals surface area contributed by atoms with Gasteiger partial charge in [0, 0.05) is 5.92 Å². The minimum atomic E-state index is -0.631. The molecule has 0 saturated carbocycles. The quantitative estimate of drug-likeness (QED) is 0.771. The highest BCUT2D eigenvalue weighted by molar-refractivity contribution is 6.05. The van der Waals surface area contributed by atoms with Crippen LogP contribution >= 0.6 is 0 Å². The maximum Gasteiger partial charge on any atom is 0.235 e. The predicted molar refractivity (Wildman–Crippen MR) is 68.5 cm³/mol. The van der Waals surface area contributed by atoms with E-state index in [4.69, 9.17) is 4.74 Å². The van der Waals surface area contributed by atoms with E-state index in [2.05, 4.69) is 10.6 Å². The van der Waals surface area contributed by atoms with E-state index in [9.17, 15) is 9.59 Å². The summed E-state index contributed by atoms with van der Waals surface area (Å²) in [6.45, 7) is 1.84. The maximum atomic E-state index is 12.0. The Morgan fingerprint density at radius 2 is 1.74 bits per heavy atom. The Kier molecular flexibility index (Phi) is 2.52. The molecule has 0 spiro atoms. The number of nitrogens with one attached hydrogen (secondary N) is 2. The van der Waals surface area contributed by atoms with Crippen LogP contribution in [-0.2, 0) is 9.59 Å². The van der Waals surface area contributed by atoms with E-state index in [0.29, 0.717) is 6.42 Å². The highest BCUT2D eigenvalue weighted by Gasteiger charge is 2.52. The first-order valence-electron chi connectivity index (χ1n) is 6.30. The van der Waals surface area contributed by atoms with E-state index in [1.54, 1.807) is 7.11 Å². The van der Waals surface area contributed by atoms with Gasteiger partial charge in [-0.25, -0.2) is 0 Å². The number of carbonyl (C=O) groups excluding carboxylic acids is 2. The first kappa shape index (κ1) is 12.0. The van der Waals surface area contributed by atoms with E-state index >= 15 is 0 Å². The summed E-state index contributed by atoms with van der Waals surface area (Å²) in [5.74, 6) is -0.296. The summed E-state index contributed by atoms with van der Waals surface area (Å²) in [4.78, 5) is 24.0. The average Bonchev–Trinajstić information content (AvgIpc) is 2.36. The molecule has 1 atom stereocenters. The molecule has 5 heteroatoms. The van der Waals surface area contributed by atoms with Crippen LogP contribution in [0.1, 0.15) is 24.8 Å². The molecular weight excluding hydrogens is 244 g/mol. The first-order valence-corrected chi connectivity index (χ1v) is 6.30. The minimum Gasteiger partial charge on any atom is -0.497 e. The van der Waals surface area contributed by atoms with Crippen LogP contribution in [-0.4, -0.2) is 24.6 Å². The molecular formula is C14H16N2O3. The van der Waals surface area contributed by atoms with Gasteiger partial charge in [-0.05, 0) is 31.0 Å². The summed E-state index contributed by atoms with van der Waals surface area (Å²) in [5.41, 5.74) is 0.370. The van der Waals surface area contributed by atoms with Crippen molar-refractivity contribution in [3.05, 3.63) is 29.8 Å². The molecule has 3 heterocycles. The van der Waals surface area contributed by atoms with Gasteiger partial charge in [0.2, 0.25) is 11.8 Å². The molecule has 2 bridgehead atoms. The van der Waals surface area contributed by atoms with Crippen molar-refractivity contribution in [3.63, 3.8) is 0 Å². The van der Waals surface area contributed by atoms with Crippen molar-refractivity contribution >= 4 is 11.8 Å². The Hall–Kier alpha value is -2.04. The summed E-state index contributed by atoms with van der Waals surface area (Å²) in [6.07, 6.45) is 0.710. The molecule has 0 radical (unpaired) electrons. The lowest BCUT2D eigenvalue weighted by molar-refractivity contribution is -0.149. The van der Waals surface area contributed by atoms with E-state index in [1.807, 2.05) is 31.2 Å². The molecule has 2 amide bonds. The van der Waals surface area contributed by atoms with Gasteiger partial charge >= 0.3 is 0 Å². The van der Waals surface area contributed by atoms with Crippen LogP contribution < -0.4 is 15.4 Å². The number of hydrogen-bond donors (Lipinski definition) is 2. The van der Waals surface area contributed by atoms with Crippen molar-refractivity contribution < 1.29 is 14.3 Å². The second-order valence-electron chi connectivity index (χ2n) is 5.37. The fraction of sp³-hybridized carbons (Fsp3) is 0.429. The summed E-state index contributed by atoms with van der Waals surface area (Å²) >= 11 is 0. The van der Waals surface area contributed by atoms with Crippen LogP contribution in [0, 0.1) is 5.92 Å². The highest BCUT2D eigenvalue weighted by atomic mass is 16.5. The van der Waals surface area contributed by atoms with Gasteiger partial charge in [-0.3, -0.25) is 9.59 Å². The standard InChI is InChI=1S/C14H16N2O3/c1-14-7-10(8-3-5-9(19-2)6-4-8)11(12(17)15-14)13(18)16-14/h3-6,10-11H,7H2,1-2H3,(H,15,17)(H,16,18)/t10-,11?,14?/m0/s1. The molecule has 0 aliphatic carbocycles. The van der Waals surface area contributed by atoms with Crippen molar-refractivity contribution in [2.45, 2.75) is 24.9 Å². The normalized spacial score (nSPS) is 32.7. The topological polar surface area (TPSA) is 67.4 Å². The zero-order valence-electron chi connectivity index (χ0n) is 10.9. The number of carbonyl (C=O) groups is 2. The third-order valence-corrected chi connectivity index (χ3v) is 3.94. The molecule has 1 aromatic carbocycles. The van der Waals surface area contributed by atoms with E-state index in [0.717, 1.165) is 11.3 Å². The Balaban J connectivity index is 1.96. The number of methoxy groups -OCH3 is 1. The molecule has 3 aliphatic heterocycles. The fourth-order valence-corrected chi connectivity index (χ4v) is 3.04. The maximum absolute atomic E-state index is 12.0. The SMILES string of the molecule is COc1ccc([C@@H]2CC3(C)NC(=O)C2C(=O)N3)cc1. The van der Waals surface area contributed by atoms with Crippen molar-refractivity contribution in [2.24, 2.45) is 5.92 Å². The molecule has 5 nitrogen and oxygen atoms in total. The van der Waals surface area contributed by atoms with Crippen molar-refractivity contribution in [3.8, 4) is 5.75 Å². The van der Waals surface area contributed by atoms with Crippen LogP contribution in [0.3, 0.4) is 0 Å². The predicted octanol–water partition coefficient (Wildman–Crippen LogP) is 0.761. The summed E-state index contributed by atoms with van der Waals surface area (Å²) < 4.78 is 5.12. The van der Waals surface area contributed by atoms with Crippen LogP contribution in [0.5, 0.6) is 5.75 Å². The Labute approximate surface area is 111 Å². The summed E-state index contributed by atoms with van der Waals surface area (Å²) in [7, 11) is 1.61. The molecule has 4 rings (SSSR count). The number of amides is 2. The van der Waals surface area contributed by atoms with Crippen molar-refractivity contribution in [1.29, 1.82) is 0 Å². The number of benzene rings is 1. The van der Waals surface area contributed by atoms with E-state index < -0.39 is 11.6 Å². The number of piperidine rings is 2. The summed E-state index contributed by atoms with van der Waals surface area (Å²) in [5, 5.41) is 5.70. The molecule has 3 saturated heterocycles. The number of ether oxygens (including phenoxy) is 1. The fourth-order valence-electron chi connectivity index (χ4n) is 3.04. The molecule has 19 heavy (non-hydrogen) atoms. The van der Waals surface area contributed by atoms with Gasteiger partial charge in [-0.1, -0.05) is 12.1 Å². The third kappa shape index (κ3) is 1.85. The molecule has 2 N–H and O–H groups in total. The number of fused-ring (bicyclic) bond motifs is 3. The average molecular weight is 260 g/mol. The first-order chi connectivity index (χ1) is 9.02. The van der Waals surface area contributed by atoms with E-state index in [1.165, 1.54) is 0 Å². The third-order valence-electron chi connectivity index (χ3n) is 3.94. The lowest BCUT2D eigenvalue weighted by Crippen LogP contribution is -2.72. The van der Waals surface area contributed by atoms with Gasteiger partial charge < -0.3 is 15.4 Å². The Morgan fingerprint density at radius 1 is 1.16 bits per heavy atom. The number of hydrogen-bond acceptors (Lipinski definition) is 3. The van der Waals surface area contributed by atoms with Crippen LogP contribution in [0.25, 0.3) is 0 Å². The second-order valence-corrected chi connectivity index (χ2v) is 5.37. The molecule has 0 unspecified atom stereocenters. The van der Waals surface area contributed by atoms with Gasteiger partial charge in [0.25, 0.3) is 0 Å². The van der Waals surface area contributed by atoms with Crippen LogP contribution in [0.15, 0.2) is 24.3 Å². The van der Waals surface area contributed by atoms with Crippen LogP contribution in [0.2, 0.25) is 0 Å². The van der Waals surface area contributed by atoms with Crippen molar-refractivity contribution in [1.82, 2.24) is 10.6 Å². The van der Waals surface area contributed by atoms with Crippen LogP contribution in [0.4, 0.5) is 0 Å². The molecule has 1 aromatic rings. The number of rotatable bonds is 2. The van der Waals surface area contributed by atoms with Gasteiger partial charge in [0.1, 0.15) is 17.3 Å². The Morgan fingerprint density at radius 3 is 2.21 bits per heavy atom. The zero-order valence-corrected chi connectivity index (χ0v) is 10.9. The zero-order chi connectivity index (χ0) is 13.6. The lowest BCUT2D eigenvalue weighted by atomic mass is 9.72. The summed E-state index contributed by atoms with van der Waals surface area (Å²) in [6, 6.07) is 7.56. The molecule has 3 aliphatic rings. The molecule has 100 valence electrons. The van der Waals surface area contributed by atoms with Crippen molar-refractivity contribution in [2.75, 3.05) is 7.11 Å². The molecule has 3 fully saturated rings. The monoisotopic (exact) mass is 260 g/mol. The smallest absolute Gasteiger partial charge is 0.235 e. The highest BCUT2D eigenvalue weighted by Crippen LogP contribution is 2.40.